The molecule has 0 aromatic heterocycles. The summed E-state index contributed by atoms with van der Waals surface area (Å²) >= 11 is 3.61. The van der Waals surface area contributed by atoms with Crippen molar-refractivity contribution < 1.29 is 9.53 Å². The third-order valence-corrected chi connectivity index (χ3v) is 5.31. The van der Waals surface area contributed by atoms with Crippen LogP contribution in [0.5, 0.6) is 0 Å². The first-order valence-corrected chi connectivity index (χ1v) is 9.05. The number of ether oxygens (including phenoxy) is 1. The molecule has 0 spiro atoms. The van der Waals surface area contributed by atoms with Crippen LogP contribution < -0.4 is 0 Å². The van der Waals surface area contributed by atoms with Gasteiger partial charge in [-0.15, -0.1) is 0 Å². The van der Waals surface area contributed by atoms with Crippen molar-refractivity contribution in [2.75, 3.05) is 59.0 Å². The number of carbonyl (C=O) groups is 1. The smallest absolute Gasteiger partial charge is 0.236 e. The molecule has 23 heavy (non-hydrogen) atoms. The van der Waals surface area contributed by atoms with E-state index in [2.05, 4.69) is 43.9 Å². The number of hydrogen-bond donors (Lipinski definition) is 0. The normalized spacial score (nSPS) is 20.7. The molecule has 3 rings (SSSR count). The third-order valence-electron chi connectivity index (χ3n) is 4.54. The largest absolute Gasteiger partial charge is 0.378 e. The van der Waals surface area contributed by atoms with Gasteiger partial charge in [-0.3, -0.25) is 14.6 Å². The van der Waals surface area contributed by atoms with Gasteiger partial charge in [0.1, 0.15) is 0 Å². The molecule has 1 amide bonds. The molecule has 0 aliphatic carbocycles. The van der Waals surface area contributed by atoms with Gasteiger partial charge in [-0.25, -0.2) is 0 Å². The predicted octanol–water partition coefficient (Wildman–Crippen LogP) is 1.43. The first kappa shape index (κ1) is 16.9. The maximum atomic E-state index is 12.3. The molecule has 5 nitrogen and oxygen atoms in total. The number of halogens is 1. The highest BCUT2D eigenvalue weighted by Gasteiger charge is 2.23. The van der Waals surface area contributed by atoms with Crippen LogP contribution >= 0.6 is 15.9 Å². The van der Waals surface area contributed by atoms with Crippen molar-refractivity contribution in [1.29, 1.82) is 0 Å². The fourth-order valence-electron chi connectivity index (χ4n) is 3.08. The molecule has 0 unspecified atom stereocenters. The second-order valence-electron chi connectivity index (χ2n) is 6.14. The van der Waals surface area contributed by atoms with Crippen LogP contribution in [-0.2, 0) is 16.1 Å². The summed E-state index contributed by atoms with van der Waals surface area (Å²) in [5, 5.41) is 0. The van der Waals surface area contributed by atoms with Crippen LogP contribution in [-0.4, -0.2) is 79.6 Å². The zero-order chi connectivity index (χ0) is 16.1. The average Bonchev–Trinajstić information content (AvgIpc) is 2.59. The Labute approximate surface area is 146 Å². The Hall–Kier alpha value is -0.950. The Morgan fingerprint density at radius 3 is 2.35 bits per heavy atom. The Morgan fingerprint density at radius 1 is 1.00 bits per heavy atom. The maximum absolute atomic E-state index is 12.3. The highest BCUT2D eigenvalue weighted by atomic mass is 79.9. The van der Waals surface area contributed by atoms with Crippen molar-refractivity contribution in [3.05, 3.63) is 34.3 Å². The number of nitrogens with zero attached hydrogens (tertiary/aromatic N) is 3. The third kappa shape index (κ3) is 4.76. The lowest BCUT2D eigenvalue weighted by Crippen LogP contribution is -2.51. The quantitative estimate of drug-likeness (QED) is 0.790. The van der Waals surface area contributed by atoms with Crippen LogP contribution in [0.1, 0.15) is 5.56 Å². The molecule has 2 fully saturated rings. The monoisotopic (exact) mass is 381 g/mol. The molecule has 0 radical (unpaired) electrons. The second kappa shape index (κ2) is 8.24. The van der Waals surface area contributed by atoms with Crippen LogP contribution in [0.4, 0.5) is 0 Å². The number of amides is 1. The van der Waals surface area contributed by atoms with Crippen molar-refractivity contribution in [3.8, 4) is 0 Å². The molecule has 0 saturated carbocycles. The number of rotatable bonds is 4. The molecule has 0 bridgehead atoms. The summed E-state index contributed by atoms with van der Waals surface area (Å²) in [6.45, 7) is 8.27. The lowest BCUT2D eigenvalue weighted by Gasteiger charge is -2.36. The number of benzene rings is 1. The van der Waals surface area contributed by atoms with Crippen molar-refractivity contribution >= 4 is 21.8 Å². The first-order valence-electron chi connectivity index (χ1n) is 8.26. The lowest BCUT2D eigenvalue weighted by molar-refractivity contribution is -0.136. The summed E-state index contributed by atoms with van der Waals surface area (Å²) in [4.78, 5) is 18.9. The van der Waals surface area contributed by atoms with Gasteiger partial charge in [-0.2, -0.15) is 0 Å². The van der Waals surface area contributed by atoms with Gasteiger partial charge in [0.15, 0.2) is 0 Å². The van der Waals surface area contributed by atoms with E-state index in [9.17, 15) is 4.79 Å². The zero-order valence-corrected chi connectivity index (χ0v) is 15.0. The van der Waals surface area contributed by atoms with E-state index in [1.165, 1.54) is 10.0 Å². The van der Waals surface area contributed by atoms with Gasteiger partial charge >= 0.3 is 0 Å². The first-order chi connectivity index (χ1) is 11.2. The summed E-state index contributed by atoms with van der Waals surface area (Å²) in [5.74, 6) is 0.243. The molecule has 1 aromatic rings. The highest BCUT2D eigenvalue weighted by molar-refractivity contribution is 9.10. The summed E-state index contributed by atoms with van der Waals surface area (Å²) in [5.41, 5.74) is 1.32. The predicted molar refractivity (Wildman–Crippen MR) is 93.3 cm³/mol. The topological polar surface area (TPSA) is 36.0 Å². The van der Waals surface area contributed by atoms with Crippen molar-refractivity contribution in [2.45, 2.75) is 6.54 Å². The van der Waals surface area contributed by atoms with E-state index in [1.807, 2.05) is 11.0 Å². The second-order valence-corrected chi connectivity index (χ2v) is 6.99. The van der Waals surface area contributed by atoms with E-state index in [1.54, 1.807) is 0 Å². The van der Waals surface area contributed by atoms with Crippen molar-refractivity contribution in [2.24, 2.45) is 0 Å². The fourth-order valence-corrected chi connectivity index (χ4v) is 3.49. The van der Waals surface area contributed by atoms with E-state index < -0.39 is 0 Å². The van der Waals surface area contributed by atoms with E-state index in [-0.39, 0.29) is 5.91 Å². The minimum absolute atomic E-state index is 0.243. The molecular formula is C17H24BrN3O2. The fraction of sp³-hybridized carbons (Fsp3) is 0.588. The van der Waals surface area contributed by atoms with Crippen LogP contribution in [0.3, 0.4) is 0 Å². The van der Waals surface area contributed by atoms with Gasteiger partial charge < -0.3 is 9.64 Å². The number of carbonyl (C=O) groups excluding carboxylic acids is 1. The van der Waals surface area contributed by atoms with Gasteiger partial charge in [0.2, 0.25) is 5.91 Å². The standard InChI is InChI=1S/C17H24BrN3O2/c18-16-4-2-1-3-15(16)13-19-5-7-20(8-6-19)14-17(22)21-9-11-23-12-10-21/h1-4H,5-14H2. The number of hydrogen-bond acceptors (Lipinski definition) is 4. The number of piperazine rings is 1. The maximum Gasteiger partial charge on any atom is 0.236 e. The highest BCUT2D eigenvalue weighted by Crippen LogP contribution is 2.18. The Balaban J connectivity index is 1.43. The Kier molecular flexibility index (Phi) is 6.05. The lowest BCUT2D eigenvalue weighted by atomic mass is 10.2. The molecule has 1 aromatic carbocycles. The van der Waals surface area contributed by atoms with E-state index in [0.29, 0.717) is 19.8 Å². The SMILES string of the molecule is O=C(CN1CCN(Cc2ccccc2Br)CC1)N1CCOCC1. The molecule has 0 N–H and O–H groups in total. The Bertz CT molecular complexity index is 526. The Morgan fingerprint density at radius 2 is 1.65 bits per heavy atom. The molecular weight excluding hydrogens is 358 g/mol. The van der Waals surface area contributed by atoms with Gasteiger partial charge in [-0.05, 0) is 11.6 Å². The summed E-state index contributed by atoms with van der Waals surface area (Å²) < 4.78 is 6.47. The molecule has 2 saturated heterocycles. The van der Waals surface area contributed by atoms with Gasteiger partial charge in [0.25, 0.3) is 0 Å². The molecule has 6 heteroatoms. The van der Waals surface area contributed by atoms with Crippen LogP contribution in [0.25, 0.3) is 0 Å². The molecule has 0 atom stereocenters. The summed E-state index contributed by atoms with van der Waals surface area (Å²) in [6, 6.07) is 8.38. The molecule has 2 aliphatic heterocycles. The average molecular weight is 382 g/mol. The molecule has 2 aliphatic rings. The minimum Gasteiger partial charge on any atom is -0.378 e. The van der Waals surface area contributed by atoms with Gasteiger partial charge in [0, 0.05) is 50.3 Å². The van der Waals surface area contributed by atoms with Crippen LogP contribution in [0, 0.1) is 0 Å². The molecule has 126 valence electrons. The minimum atomic E-state index is 0.243. The van der Waals surface area contributed by atoms with E-state index >= 15 is 0 Å². The van der Waals surface area contributed by atoms with Crippen LogP contribution in [0.2, 0.25) is 0 Å². The summed E-state index contributed by atoms with van der Waals surface area (Å²) in [6.07, 6.45) is 0. The van der Waals surface area contributed by atoms with Crippen LogP contribution in [0.15, 0.2) is 28.7 Å². The number of morpholine rings is 1. The van der Waals surface area contributed by atoms with Gasteiger partial charge in [-0.1, -0.05) is 34.1 Å². The van der Waals surface area contributed by atoms with Crippen molar-refractivity contribution in [1.82, 2.24) is 14.7 Å². The van der Waals surface area contributed by atoms with Crippen molar-refractivity contribution in [3.63, 3.8) is 0 Å². The van der Waals surface area contributed by atoms with E-state index in [4.69, 9.17) is 4.74 Å². The van der Waals surface area contributed by atoms with Gasteiger partial charge in [0.05, 0.1) is 19.8 Å². The summed E-state index contributed by atoms with van der Waals surface area (Å²) in [7, 11) is 0. The van der Waals surface area contributed by atoms with E-state index in [0.717, 1.165) is 45.8 Å². The zero-order valence-electron chi connectivity index (χ0n) is 13.4. The molecule has 2 heterocycles.